The van der Waals surface area contributed by atoms with E-state index in [0.29, 0.717) is 5.57 Å². The highest BCUT2D eigenvalue weighted by Gasteiger charge is 2.40. The maximum Gasteiger partial charge on any atom is 0.270 e. The number of benzene rings is 1. The van der Waals surface area contributed by atoms with E-state index in [9.17, 15) is 4.79 Å². The Morgan fingerprint density at radius 1 is 1.31 bits per heavy atom. The van der Waals surface area contributed by atoms with Crippen LogP contribution in [0, 0.1) is 6.92 Å². The number of dihydropyridines is 1. The summed E-state index contributed by atoms with van der Waals surface area (Å²) in [6, 6.07) is 6.41. The first-order valence-electron chi connectivity index (χ1n) is 10.3. The zero-order chi connectivity index (χ0) is 20.5. The molecule has 1 aromatic carbocycles. The highest BCUT2D eigenvalue weighted by molar-refractivity contribution is 5.97. The maximum atomic E-state index is 13.2. The first-order chi connectivity index (χ1) is 14.0. The number of carbonyl (C=O) groups excluding carboxylic acids is 1. The Morgan fingerprint density at radius 3 is 2.93 bits per heavy atom. The van der Waals surface area contributed by atoms with Crippen LogP contribution in [0.5, 0.6) is 0 Å². The molecule has 0 radical (unpaired) electrons. The molecule has 3 atom stereocenters. The lowest BCUT2D eigenvalue weighted by molar-refractivity contribution is -0.128. The van der Waals surface area contributed by atoms with Crippen molar-refractivity contribution in [2.75, 3.05) is 23.3 Å². The van der Waals surface area contributed by atoms with Gasteiger partial charge in [-0.2, -0.15) is 0 Å². The van der Waals surface area contributed by atoms with Crippen LogP contribution in [0.15, 0.2) is 42.1 Å². The van der Waals surface area contributed by atoms with E-state index in [0.717, 1.165) is 49.3 Å². The summed E-state index contributed by atoms with van der Waals surface area (Å²) in [5, 5.41) is 9.83. The van der Waals surface area contributed by atoms with Gasteiger partial charge in [0.05, 0.1) is 11.4 Å². The van der Waals surface area contributed by atoms with Crippen molar-refractivity contribution in [3.63, 3.8) is 0 Å². The van der Waals surface area contributed by atoms with Gasteiger partial charge >= 0.3 is 0 Å². The lowest BCUT2D eigenvalue weighted by atomic mass is 10.1. The number of hydrazine groups is 2. The fourth-order valence-electron chi connectivity index (χ4n) is 4.48. The average Bonchev–Trinajstić information content (AvgIpc) is 2.97. The van der Waals surface area contributed by atoms with Crippen LogP contribution in [0.25, 0.3) is 0 Å². The van der Waals surface area contributed by atoms with Gasteiger partial charge in [-0.05, 0) is 56.7 Å². The largest absolute Gasteiger partial charge is 0.385 e. The molecule has 0 bridgehead atoms. The second-order valence-corrected chi connectivity index (χ2v) is 8.16. The third-order valence-corrected chi connectivity index (χ3v) is 5.91. The lowest BCUT2D eigenvalue weighted by Crippen LogP contribution is -2.60. The molecule has 3 aliphatic rings. The van der Waals surface area contributed by atoms with Crippen LogP contribution in [0.4, 0.5) is 11.4 Å². The van der Waals surface area contributed by atoms with Crippen molar-refractivity contribution in [3.05, 3.63) is 47.7 Å². The third-order valence-electron chi connectivity index (χ3n) is 5.91. The van der Waals surface area contributed by atoms with Gasteiger partial charge in [-0.1, -0.05) is 18.6 Å². The smallest absolute Gasteiger partial charge is 0.270 e. The maximum absolute atomic E-state index is 13.2. The number of nitrogens with two attached hydrogens (primary N) is 2. The molecule has 3 heterocycles. The highest BCUT2D eigenvalue weighted by Crippen LogP contribution is 2.40. The molecule has 0 aliphatic carbocycles. The number of hydrogen-bond acceptors (Lipinski definition) is 7. The second-order valence-electron chi connectivity index (χ2n) is 8.16. The molecule has 2 unspecified atom stereocenters. The number of hydrogen-bond donors (Lipinski definition) is 4. The number of nitrogens with one attached hydrogen (secondary N) is 2. The molecule has 6 N–H and O–H groups in total. The Hall–Kier alpha value is -2.55. The summed E-state index contributed by atoms with van der Waals surface area (Å²) in [6.07, 6.45) is 8.17. The fraction of sp³-hybridized carbons (Fsp3) is 0.476. The summed E-state index contributed by atoms with van der Waals surface area (Å²) in [4.78, 5) is 15.4. The summed E-state index contributed by atoms with van der Waals surface area (Å²) in [6.45, 7) is 5.71. The highest BCUT2D eigenvalue weighted by atomic mass is 16.2. The quantitative estimate of drug-likeness (QED) is 0.347. The van der Waals surface area contributed by atoms with E-state index in [1.807, 2.05) is 30.1 Å². The van der Waals surface area contributed by atoms with E-state index in [1.165, 1.54) is 5.01 Å². The summed E-state index contributed by atoms with van der Waals surface area (Å²) in [5.74, 6) is 12.4. The Morgan fingerprint density at radius 2 is 2.14 bits per heavy atom. The van der Waals surface area contributed by atoms with Gasteiger partial charge in [-0.3, -0.25) is 10.6 Å². The zero-order valence-electron chi connectivity index (χ0n) is 17.1. The Balaban J connectivity index is 1.67. The van der Waals surface area contributed by atoms with Gasteiger partial charge < -0.3 is 15.5 Å². The number of nitrogens with zero attached hydrogens (tertiary/aromatic N) is 3. The minimum Gasteiger partial charge on any atom is -0.385 e. The van der Waals surface area contributed by atoms with E-state index >= 15 is 0 Å². The van der Waals surface area contributed by atoms with Gasteiger partial charge in [-0.15, -0.1) is 0 Å². The Bertz CT molecular complexity index is 836. The third kappa shape index (κ3) is 3.83. The number of carbonyl (C=O) groups is 1. The first-order valence-corrected chi connectivity index (χ1v) is 10.3. The number of fused-ring (bicyclic) bond motifs is 1. The van der Waals surface area contributed by atoms with Crippen molar-refractivity contribution in [1.82, 2.24) is 15.3 Å². The fourth-order valence-corrected chi connectivity index (χ4v) is 4.48. The molecule has 3 aliphatic heterocycles. The van der Waals surface area contributed by atoms with Crippen molar-refractivity contribution in [2.24, 2.45) is 11.7 Å². The van der Waals surface area contributed by atoms with Gasteiger partial charge in [0.2, 0.25) is 0 Å². The van der Waals surface area contributed by atoms with Gasteiger partial charge in [0.15, 0.2) is 6.29 Å². The van der Waals surface area contributed by atoms with Crippen LogP contribution in [-0.4, -0.2) is 47.4 Å². The van der Waals surface area contributed by atoms with Crippen LogP contribution in [0.1, 0.15) is 31.7 Å². The minimum absolute atomic E-state index is 0.0899. The van der Waals surface area contributed by atoms with E-state index in [-0.39, 0.29) is 18.0 Å². The number of para-hydroxylation sites is 1. The molecule has 156 valence electrons. The normalized spacial score (nSPS) is 26.8. The molecular formula is C21H31N7O. The van der Waals surface area contributed by atoms with Crippen molar-refractivity contribution < 1.29 is 4.79 Å². The molecule has 1 aromatic rings. The molecule has 8 heteroatoms. The van der Waals surface area contributed by atoms with E-state index in [4.69, 9.17) is 11.7 Å². The number of anilines is 2. The molecule has 1 saturated heterocycles. The first kappa shape index (κ1) is 19.8. The van der Waals surface area contributed by atoms with Gasteiger partial charge in [0.25, 0.3) is 5.91 Å². The summed E-state index contributed by atoms with van der Waals surface area (Å²) < 4.78 is 0. The number of aryl methyl sites for hydroxylation is 1. The van der Waals surface area contributed by atoms with E-state index in [2.05, 4.69) is 28.5 Å². The van der Waals surface area contributed by atoms with Gasteiger partial charge in [0.1, 0.15) is 0 Å². The predicted octanol–water partition coefficient (Wildman–Crippen LogP) is 1.37. The summed E-state index contributed by atoms with van der Waals surface area (Å²) in [5.41, 5.74) is 3.84. The Labute approximate surface area is 172 Å². The van der Waals surface area contributed by atoms with Crippen molar-refractivity contribution in [2.45, 2.75) is 51.5 Å². The van der Waals surface area contributed by atoms with Crippen molar-refractivity contribution in [1.29, 1.82) is 0 Å². The SMILES string of the molecule is Cc1cccc2c1N([C@@H]1CCCCN(N)C1)C(N(N)C(=O)C1=CC(C)NC=C1)N2. The van der Waals surface area contributed by atoms with Crippen molar-refractivity contribution >= 4 is 17.3 Å². The van der Waals surface area contributed by atoms with Gasteiger partial charge in [-0.25, -0.2) is 15.9 Å². The molecule has 0 saturated carbocycles. The molecule has 0 spiro atoms. The molecule has 1 amide bonds. The summed E-state index contributed by atoms with van der Waals surface area (Å²) >= 11 is 0. The van der Waals surface area contributed by atoms with Crippen LogP contribution >= 0.6 is 0 Å². The van der Waals surface area contributed by atoms with E-state index < -0.39 is 6.29 Å². The molecular weight excluding hydrogens is 366 g/mol. The van der Waals surface area contributed by atoms with Crippen molar-refractivity contribution in [3.8, 4) is 0 Å². The standard InChI is InChI=1S/C21H31N7O/c1-14-6-5-8-18-19(14)27(17-7-3-4-11-26(22)13-17)21(25-18)28(23)20(29)16-9-10-24-15(2)12-16/h5-6,8-10,12,15,17,21,24-25H,3-4,7,11,13,22-23H2,1-2H3/t15?,17-,21?/m1/s1. The van der Waals surface area contributed by atoms with Crippen LogP contribution in [-0.2, 0) is 4.79 Å². The van der Waals surface area contributed by atoms with Crippen LogP contribution in [0.2, 0.25) is 0 Å². The zero-order valence-corrected chi connectivity index (χ0v) is 17.1. The average molecular weight is 398 g/mol. The topological polar surface area (TPSA) is 103 Å². The van der Waals surface area contributed by atoms with E-state index in [1.54, 1.807) is 12.3 Å². The summed E-state index contributed by atoms with van der Waals surface area (Å²) in [7, 11) is 0. The number of amides is 1. The van der Waals surface area contributed by atoms with Crippen LogP contribution in [0.3, 0.4) is 0 Å². The minimum atomic E-state index is -0.463. The lowest BCUT2D eigenvalue weighted by Gasteiger charge is -2.39. The molecule has 1 fully saturated rings. The van der Waals surface area contributed by atoms with Crippen LogP contribution < -0.4 is 27.2 Å². The molecule has 4 rings (SSSR count). The molecule has 0 aromatic heterocycles. The monoisotopic (exact) mass is 397 g/mol. The predicted molar refractivity (Wildman–Crippen MR) is 115 cm³/mol. The number of rotatable bonds is 3. The van der Waals surface area contributed by atoms with Gasteiger partial charge in [0, 0.05) is 30.7 Å². The molecule has 29 heavy (non-hydrogen) atoms. The molecule has 8 nitrogen and oxygen atoms in total. The second kappa shape index (κ2) is 8.06. The Kier molecular flexibility index (Phi) is 5.49.